The first-order valence-electron chi connectivity index (χ1n) is 8.26. The van der Waals surface area contributed by atoms with Crippen LogP contribution in [-0.4, -0.2) is 75.0 Å². The molecule has 4 amide bonds. The normalized spacial score (nSPS) is 21.7. The van der Waals surface area contributed by atoms with Gasteiger partial charge in [0.15, 0.2) is 0 Å². The van der Waals surface area contributed by atoms with Gasteiger partial charge in [0, 0.05) is 39.6 Å². The molecule has 1 aromatic heterocycles. The molecule has 0 radical (unpaired) electrons. The molecule has 0 N–H and O–H groups in total. The molecule has 1 aromatic rings. The summed E-state index contributed by atoms with van der Waals surface area (Å²) in [5.41, 5.74) is -0.796. The van der Waals surface area contributed by atoms with E-state index in [1.807, 2.05) is 6.92 Å². The number of aromatic nitrogens is 2. The molecule has 130 valence electrons. The van der Waals surface area contributed by atoms with E-state index in [-0.39, 0.29) is 23.9 Å². The average molecular weight is 333 g/mol. The van der Waals surface area contributed by atoms with E-state index in [1.165, 1.54) is 16.8 Å². The van der Waals surface area contributed by atoms with Crippen molar-refractivity contribution in [2.75, 3.05) is 27.2 Å². The molecular weight excluding hydrogens is 310 g/mol. The molecule has 0 bridgehead atoms. The first-order valence-corrected chi connectivity index (χ1v) is 8.26. The second-order valence-electron chi connectivity index (χ2n) is 6.47. The number of piperidine rings is 1. The fourth-order valence-electron chi connectivity index (χ4n) is 3.75. The number of nitrogens with zero attached hydrogens (tertiary/aromatic N) is 5. The maximum atomic E-state index is 12.8. The van der Waals surface area contributed by atoms with Crippen LogP contribution in [0.4, 0.5) is 4.79 Å². The zero-order valence-corrected chi connectivity index (χ0v) is 14.3. The van der Waals surface area contributed by atoms with E-state index >= 15 is 0 Å². The van der Waals surface area contributed by atoms with Crippen LogP contribution in [0.25, 0.3) is 0 Å². The molecule has 0 aromatic carbocycles. The number of likely N-dealkylation sites (tertiary alicyclic amines) is 1. The maximum absolute atomic E-state index is 12.8. The Labute approximate surface area is 141 Å². The van der Waals surface area contributed by atoms with Crippen LogP contribution < -0.4 is 0 Å². The predicted molar refractivity (Wildman–Crippen MR) is 86.0 cm³/mol. The Hall–Kier alpha value is -2.38. The van der Waals surface area contributed by atoms with E-state index < -0.39 is 5.54 Å². The number of hydrogen-bond acceptors (Lipinski definition) is 4. The molecule has 0 saturated carbocycles. The summed E-state index contributed by atoms with van der Waals surface area (Å²) < 4.78 is 1.68. The summed E-state index contributed by atoms with van der Waals surface area (Å²) in [6.07, 6.45) is 5.05. The van der Waals surface area contributed by atoms with Gasteiger partial charge < -0.3 is 9.80 Å². The smallest absolute Gasteiger partial charge is 0.327 e. The Kier molecular flexibility index (Phi) is 4.06. The standard InChI is InChI=1S/C16H23N5O3/c1-4-12(21-9-5-8-17-21)13(22)20-10-6-16(7-11-20)14(23)18(2)15(24)19(16)3/h5,8-9,12H,4,6-7,10-11H2,1-3H3. The van der Waals surface area contributed by atoms with Crippen LogP contribution in [0, 0.1) is 0 Å². The van der Waals surface area contributed by atoms with E-state index in [4.69, 9.17) is 0 Å². The summed E-state index contributed by atoms with van der Waals surface area (Å²) >= 11 is 0. The lowest BCUT2D eigenvalue weighted by Gasteiger charge is -2.41. The van der Waals surface area contributed by atoms with E-state index in [9.17, 15) is 14.4 Å². The lowest BCUT2D eigenvalue weighted by Crippen LogP contribution is -2.56. The van der Waals surface area contributed by atoms with Crippen molar-refractivity contribution in [1.82, 2.24) is 24.5 Å². The van der Waals surface area contributed by atoms with Gasteiger partial charge in [0.25, 0.3) is 5.91 Å². The number of hydrogen-bond donors (Lipinski definition) is 0. The number of imide groups is 1. The van der Waals surface area contributed by atoms with Crippen molar-refractivity contribution in [3.05, 3.63) is 18.5 Å². The lowest BCUT2D eigenvalue weighted by molar-refractivity contribution is -0.142. The highest BCUT2D eigenvalue weighted by molar-refractivity contribution is 6.06. The number of rotatable bonds is 3. The molecule has 8 nitrogen and oxygen atoms in total. The summed E-state index contributed by atoms with van der Waals surface area (Å²) in [5.74, 6) is -0.148. The van der Waals surface area contributed by atoms with Crippen molar-refractivity contribution in [1.29, 1.82) is 0 Å². The highest BCUT2D eigenvalue weighted by Crippen LogP contribution is 2.36. The first-order chi connectivity index (χ1) is 11.4. The summed E-state index contributed by atoms with van der Waals surface area (Å²) in [4.78, 5) is 41.9. The molecule has 1 unspecified atom stereocenters. The second kappa shape index (κ2) is 5.92. The van der Waals surface area contributed by atoms with Crippen molar-refractivity contribution in [3.8, 4) is 0 Å². The third-order valence-corrected chi connectivity index (χ3v) is 5.34. The van der Waals surface area contributed by atoms with Gasteiger partial charge in [-0.3, -0.25) is 19.2 Å². The van der Waals surface area contributed by atoms with E-state index in [2.05, 4.69) is 5.10 Å². The van der Waals surface area contributed by atoms with Gasteiger partial charge in [-0.15, -0.1) is 0 Å². The minimum Gasteiger partial charge on any atom is -0.341 e. The van der Waals surface area contributed by atoms with Crippen molar-refractivity contribution < 1.29 is 14.4 Å². The average Bonchev–Trinajstić information content (AvgIpc) is 3.17. The zero-order valence-electron chi connectivity index (χ0n) is 14.3. The van der Waals surface area contributed by atoms with Crippen LogP contribution in [0.3, 0.4) is 0 Å². The molecule has 1 spiro atoms. The molecule has 2 saturated heterocycles. The van der Waals surface area contributed by atoms with Crippen LogP contribution in [0.15, 0.2) is 18.5 Å². The van der Waals surface area contributed by atoms with E-state index in [0.29, 0.717) is 32.4 Å². The molecular formula is C16H23N5O3. The summed E-state index contributed by atoms with van der Waals surface area (Å²) in [6.45, 7) is 2.89. The largest absolute Gasteiger partial charge is 0.341 e. The van der Waals surface area contributed by atoms with Crippen LogP contribution in [-0.2, 0) is 9.59 Å². The Morgan fingerprint density at radius 3 is 2.42 bits per heavy atom. The van der Waals surface area contributed by atoms with E-state index in [1.54, 1.807) is 35.1 Å². The van der Waals surface area contributed by atoms with Gasteiger partial charge in [-0.2, -0.15) is 5.10 Å². The Bertz CT molecular complexity index is 649. The molecule has 1 atom stereocenters. The second-order valence-corrected chi connectivity index (χ2v) is 6.47. The van der Waals surface area contributed by atoms with Crippen LogP contribution in [0.2, 0.25) is 0 Å². The van der Waals surface area contributed by atoms with E-state index in [0.717, 1.165) is 0 Å². The molecule has 3 heterocycles. The third-order valence-electron chi connectivity index (χ3n) is 5.34. The van der Waals surface area contributed by atoms with Crippen LogP contribution in [0.5, 0.6) is 0 Å². The Morgan fingerprint density at radius 2 is 1.96 bits per heavy atom. The van der Waals surface area contributed by atoms with Gasteiger partial charge in [0.1, 0.15) is 11.6 Å². The highest BCUT2D eigenvalue weighted by atomic mass is 16.2. The summed E-state index contributed by atoms with van der Waals surface area (Å²) in [5, 5.41) is 4.17. The monoisotopic (exact) mass is 333 g/mol. The lowest BCUT2D eigenvalue weighted by atomic mass is 9.86. The molecule has 3 rings (SSSR count). The van der Waals surface area contributed by atoms with Crippen LogP contribution in [0.1, 0.15) is 32.2 Å². The highest BCUT2D eigenvalue weighted by Gasteiger charge is 2.55. The fraction of sp³-hybridized carbons (Fsp3) is 0.625. The summed E-state index contributed by atoms with van der Waals surface area (Å²) in [7, 11) is 3.18. The third kappa shape index (κ3) is 2.28. The van der Waals surface area contributed by atoms with Crippen LogP contribution >= 0.6 is 0 Å². The number of urea groups is 1. The van der Waals surface area contributed by atoms with Gasteiger partial charge in [0.05, 0.1) is 0 Å². The van der Waals surface area contributed by atoms with Gasteiger partial charge in [-0.25, -0.2) is 4.79 Å². The van der Waals surface area contributed by atoms with Gasteiger partial charge in [-0.05, 0) is 25.3 Å². The van der Waals surface area contributed by atoms with Crippen molar-refractivity contribution in [2.24, 2.45) is 0 Å². The molecule has 8 heteroatoms. The minimum absolute atomic E-state index is 0.0174. The number of carbonyl (C=O) groups excluding carboxylic acids is 3. The van der Waals surface area contributed by atoms with Gasteiger partial charge in [0.2, 0.25) is 5.91 Å². The van der Waals surface area contributed by atoms with Crippen molar-refractivity contribution in [2.45, 2.75) is 37.8 Å². The van der Waals surface area contributed by atoms with Crippen molar-refractivity contribution in [3.63, 3.8) is 0 Å². The van der Waals surface area contributed by atoms with Gasteiger partial charge >= 0.3 is 6.03 Å². The Balaban J connectivity index is 1.72. The Morgan fingerprint density at radius 1 is 1.29 bits per heavy atom. The molecule has 0 aliphatic carbocycles. The quantitative estimate of drug-likeness (QED) is 0.764. The fourth-order valence-corrected chi connectivity index (χ4v) is 3.75. The number of likely N-dealkylation sites (N-methyl/N-ethyl adjacent to an activating group) is 2. The van der Waals surface area contributed by atoms with Crippen molar-refractivity contribution >= 4 is 17.8 Å². The SMILES string of the molecule is CCC(C(=O)N1CCC2(CC1)C(=O)N(C)C(=O)N2C)n1cccn1. The zero-order chi connectivity index (χ0) is 17.5. The minimum atomic E-state index is -0.796. The predicted octanol–water partition coefficient (Wildman–Crippen LogP) is 0.719. The topological polar surface area (TPSA) is 78.8 Å². The number of amides is 4. The molecule has 2 aliphatic heterocycles. The summed E-state index contributed by atoms with van der Waals surface area (Å²) in [6, 6.07) is 1.20. The van der Waals surface area contributed by atoms with Gasteiger partial charge in [-0.1, -0.05) is 6.92 Å². The maximum Gasteiger partial charge on any atom is 0.327 e. The molecule has 2 fully saturated rings. The number of carbonyl (C=O) groups is 3. The first kappa shape index (κ1) is 16.5. The molecule has 2 aliphatic rings. The molecule has 24 heavy (non-hydrogen) atoms.